The minimum absolute atomic E-state index is 0.0255. The Labute approximate surface area is 146 Å². The van der Waals surface area contributed by atoms with Gasteiger partial charge in [-0.3, -0.25) is 4.79 Å². The summed E-state index contributed by atoms with van der Waals surface area (Å²) in [5, 5.41) is 0.379. The predicted molar refractivity (Wildman–Crippen MR) is 93.8 cm³/mol. The fraction of sp³-hybridized carbons (Fsp3) is 0.529. The zero-order valence-corrected chi connectivity index (χ0v) is 15.0. The average molecular weight is 356 g/mol. The van der Waals surface area contributed by atoms with Gasteiger partial charge in [-0.1, -0.05) is 44.0 Å². The van der Waals surface area contributed by atoms with Crippen LogP contribution in [0.2, 0.25) is 5.02 Å². The van der Waals surface area contributed by atoms with Gasteiger partial charge in [-0.15, -0.1) is 11.8 Å². The second-order valence-electron chi connectivity index (χ2n) is 5.43. The summed E-state index contributed by atoms with van der Waals surface area (Å²) in [7, 11) is 0. The molecule has 0 saturated carbocycles. The van der Waals surface area contributed by atoms with Gasteiger partial charge in [-0.2, -0.15) is 0 Å². The minimum atomic E-state index is -0.537. The number of ether oxygens (including phenoxy) is 1. The van der Waals surface area contributed by atoms with E-state index in [-0.39, 0.29) is 17.3 Å². The standard InChI is InChI=1S/C17H22ClNO3S/c1-3-5-10-22-17(21)14-11-23-15(4-2)19(14)16(20)12-8-6-7-9-13(12)18/h6-9,14-15H,3-5,10-11H2,1-2H3. The minimum Gasteiger partial charge on any atom is -0.464 e. The van der Waals surface area contributed by atoms with Gasteiger partial charge >= 0.3 is 5.97 Å². The molecule has 0 aromatic heterocycles. The summed E-state index contributed by atoms with van der Waals surface area (Å²) in [6.07, 6.45) is 2.58. The van der Waals surface area contributed by atoms with Gasteiger partial charge in [0.1, 0.15) is 6.04 Å². The van der Waals surface area contributed by atoms with Crippen LogP contribution in [-0.4, -0.2) is 40.6 Å². The number of esters is 1. The van der Waals surface area contributed by atoms with Gasteiger partial charge in [0, 0.05) is 5.75 Å². The summed E-state index contributed by atoms with van der Waals surface area (Å²) >= 11 is 7.76. The first-order valence-electron chi connectivity index (χ1n) is 7.95. The van der Waals surface area contributed by atoms with Crippen LogP contribution in [0.3, 0.4) is 0 Å². The normalized spacial score (nSPS) is 20.6. The van der Waals surface area contributed by atoms with E-state index in [1.807, 2.05) is 13.8 Å². The smallest absolute Gasteiger partial charge is 0.329 e. The molecule has 1 fully saturated rings. The second-order valence-corrected chi connectivity index (χ2v) is 7.04. The Morgan fingerprint density at radius 2 is 2.09 bits per heavy atom. The Balaban J connectivity index is 2.18. The highest BCUT2D eigenvalue weighted by atomic mass is 35.5. The third-order valence-electron chi connectivity index (χ3n) is 3.79. The average Bonchev–Trinajstić information content (AvgIpc) is 2.99. The monoisotopic (exact) mass is 355 g/mol. The summed E-state index contributed by atoms with van der Waals surface area (Å²) in [6, 6.07) is 6.40. The quantitative estimate of drug-likeness (QED) is 0.572. The number of hydrogen-bond donors (Lipinski definition) is 0. The number of carbonyl (C=O) groups is 2. The first kappa shape index (κ1) is 18.1. The molecule has 1 aromatic rings. The number of thioether (sulfide) groups is 1. The number of amides is 1. The fourth-order valence-corrected chi connectivity index (χ4v) is 4.08. The number of rotatable bonds is 6. The zero-order chi connectivity index (χ0) is 16.8. The molecule has 126 valence electrons. The van der Waals surface area contributed by atoms with E-state index in [0.29, 0.717) is 22.9 Å². The molecule has 6 heteroatoms. The first-order chi connectivity index (χ1) is 11.1. The van der Waals surface area contributed by atoms with Gasteiger partial charge in [-0.05, 0) is 25.0 Å². The molecular weight excluding hydrogens is 334 g/mol. The van der Waals surface area contributed by atoms with Crippen molar-refractivity contribution in [3.05, 3.63) is 34.9 Å². The SMILES string of the molecule is CCCCOC(=O)C1CSC(CC)N1C(=O)c1ccccc1Cl. The number of hydrogen-bond acceptors (Lipinski definition) is 4. The van der Waals surface area contributed by atoms with Crippen molar-refractivity contribution < 1.29 is 14.3 Å². The van der Waals surface area contributed by atoms with Crippen molar-refractivity contribution in [2.24, 2.45) is 0 Å². The maximum Gasteiger partial charge on any atom is 0.329 e. The van der Waals surface area contributed by atoms with E-state index < -0.39 is 6.04 Å². The highest BCUT2D eigenvalue weighted by Gasteiger charge is 2.42. The van der Waals surface area contributed by atoms with E-state index in [4.69, 9.17) is 16.3 Å². The fourth-order valence-electron chi connectivity index (χ4n) is 2.52. The molecule has 4 nitrogen and oxygen atoms in total. The van der Waals surface area contributed by atoms with E-state index in [2.05, 4.69) is 0 Å². The summed E-state index contributed by atoms with van der Waals surface area (Å²) in [6.45, 7) is 4.45. The molecule has 1 saturated heterocycles. The maximum absolute atomic E-state index is 12.9. The number of unbranched alkanes of at least 4 members (excludes halogenated alkanes) is 1. The van der Waals surface area contributed by atoms with E-state index >= 15 is 0 Å². The molecule has 0 aliphatic carbocycles. The van der Waals surface area contributed by atoms with Crippen LogP contribution in [0.5, 0.6) is 0 Å². The zero-order valence-electron chi connectivity index (χ0n) is 13.5. The molecule has 2 rings (SSSR count). The van der Waals surface area contributed by atoms with Crippen LogP contribution in [0.15, 0.2) is 24.3 Å². The van der Waals surface area contributed by atoms with E-state index in [0.717, 1.165) is 19.3 Å². The van der Waals surface area contributed by atoms with E-state index in [1.54, 1.807) is 40.9 Å². The third kappa shape index (κ3) is 4.21. The molecule has 2 unspecified atom stereocenters. The lowest BCUT2D eigenvalue weighted by atomic mass is 10.1. The van der Waals surface area contributed by atoms with Gasteiger partial charge in [0.2, 0.25) is 0 Å². The number of carbonyl (C=O) groups excluding carboxylic acids is 2. The Bertz CT molecular complexity index is 567. The van der Waals surface area contributed by atoms with Gasteiger partial charge in [-0.25, -0.2) is 4.79 Å². The molecule has 0 N–H and O–H groups in total. The maximum atomic E-state index is 12.9. The third-order valence-corrected chi connectivity index (χ3v) is 5.58. The Hall–Kier alpha value is -1.20. The van der Waals surface area contributed by atoms with E-state index in [9.17, 15) is 9.59 Å². The van der Waals surface area contributed by atoms with E-state index in [1.165, 1.54) is 0 Å². The Morgan fingerprint density at radius 3 is 2.74 bits per heavy atom. The van der Waals surface area contributed by atoms with Crippen molar-refractivity contribution >= 4 is 35.2 Å². The van der Waals surface area contributed by atoms with Crippen molar-refractivity contribution in [2.45, 2.75) is 44.5 Å². The van der Waals surface area contributed by atoms with Crippen LogP contribution < -0.4 is 0 Å². The van der Waals surface area contributed by atoms with Crippen LogP contribution >= 0.6 is 23.4 Å². The van der Waals surface area contributed by atoms with Crippen molar-refractivity contribution in [2.75, 3.05) is 12.4 Å². The summed E-state index contributed by atoms with van der Waals surface area (Å²) in [4.78, 5) is 26.9. The van der Waals surface area contributed by atoms with Gasteiger partial charge in [0.05, 0.1) is 22.6 Å². The highest BCUT2D eigenvalue weighted by molar-refractivity contribution is 8.00. The number of nitrogens with zero attached hydrogens (tertiary/aromatic N) is 1. The second kappa shape index (κ2) is 8.60. The van der Waals surface area contributed by atoms with Crippen LogP contribution in [0.25, 0.3) is 0 Å². The van der Waals surface area contributed by atoms with Crippen molar-refractivity contribution in [3.8, 4) is 0 Å². The van der Waals surface area contributed by atoms with Crippen molar-refractivity contribution in [1.82, 2.24) is 4.90 Å². The predicted octanol–water partition coefficient (Wildman–Crippen LogP) is 3.98. The highest BCUT2D eigenvalue weighted by Crippen LogP contribution is 2.34. The lowest BCUT2D eigenvalue weighted by Gasteiger charge is -2.28. The topological polar surface area (TPSA) is 46.6 Å². The van der Waals surface area contributed by atoms with Crippen LogP contribution in [0, 0.1) is 0 Å². The van der Waals surface area contributed by atoms with Crippen molar-refractivity contribution in [1.29, 1.82) is 0 Å². The molecule has 1 aromatic carbocycles. The molecule has 0 spiro atoms. The molecule has 23 heavy (non-hydrogen) atoms. The van der Waals surface area contributed by atoms with Gasteiger partial charge < -0.3 is 9.64 Å². The molecule has 0 radical (unpaired) electrons. The molecular formula is C17H22ClNO3S. The Kier molecular flexibility index (Phi) is 6.78. The molecule has 1 aliphatic heterocycles. The lowest BCUT2D eigenvalue weighted by molar-refractivity contribution is -0.148. The molecule has 1 heterocycles. The van der Waals surface area contributed by atoms with Crippen LogP contribution in [0.4, 0.5) is 0 Å². The van der Waals surface area contributed by atoms with Gasteiger partial charge in [0.15, 0.2) is 0 Å². The molecule has 2 atom stereocenters. The van der Waals surface area contributed by atoms with Crippen LogP contribution in [-0.2, 0) is 9.53 Å². The Morgan fingerprint density at radius 1 is 1.35 bits per heavy atom. The summed E-state index contributed by atoms with van der Waals surface area (Å²) in [5.41, 5.74) is 0.432. The van der Waals surface area contributed by atoms with Crippen molar-refractivity contribution in [3.63, 3.8) is 0 Å². The van der Waals surface area contributed by atoms with Gasteiger partial charge in [0.25, 0.3) is 5.91 Å². The molecule has 1 aliphatic rings. The van der Waals surface area contributed by atoms with Crippen LogP contribution in [0.1, 0.15) is 43.5 Å². The molecule has 0 bridgehead atoms. The number of benzene rings is 1. The first-order valence-corrected chi connectivity index (χ1v) is 9.38. The summed E-state index contributed by atoms with van der Waals surface area (Å²) < 4.78 is 5.33. The largest absolute Gasteiger partial charge is 0.464 e. The lowest BCUT2D eigenvalue weighted by Crippen LogP contribution is -2.46. The number of halogens is 1. The molecule has 1 amide bonds. The summed E-state index contributed by atoms with van der Waals surface area (Å²) in [5.74, 6) is 0.0480.